The number of nitrogens with zero attached hydrogens (tertiary/aromatic N) is 2. The van der Waals surface area contributed by atoms with Gasteiger partial charge in [0.15, 0.2) is 0 Å². The lowest BCUT2D eigenvalue weighted by Crippen LogP contribution is -2.49. The molecule has 1 aliphatic rings. The summed E-state index contributed by atoms with van der Waals surface area (Å²) in [5.74, 6) is 0.702. The van der Waals surface area contributed by atoms with E-state index in [1.165, 1.54) is 11.1 Å². The lowest BCUT2D eigenvalue weighted by Gasteiger charge is -2.33. The summed E-state index contributed by atoms with van der Waals surface area (Å²) in [5, 5.41) is 3.78. The van der Waals surface area contributed by atoms with Gasteiger partial charge in [-0.05, 0) is 43.9 Å². The summed E-state index contributed by atoms with van der Waals surface area (Å²) < 4.78 is 5.61. The Bertz CT molecular complexity index is 1110. The minimum atomic E-state index is -0.614. The van der Waals surface area contributed by atoms with Crippen molar-refractivity contribution in [3.05, 3.63) is 108 Å². The first-order chi connectivity index (χ1) is 16.4. The molecule has 34 heavy (non-hydrogen) atoms. The van der Waals surface area contributed by atoms with Gasteiger partial charge in [-0.2, -0.15) is 4.99 Å². The number of carbonyl (C=O) groups excluding carboxylic acids is 1. The molecule has 1 aliphatic heterocycles. The van der Waals surface area contributed by atoms with Gasteiger partial charge in [-0.3, -0.25) is 5.32 Å². The first-order valence-electron chi connectivity index (χ1n) is 11.8. The lowest BCUT2D eigenvalue weighted by atomic mass is 9.87. The zero-order valence-electron chi connectivity index (χ0n) is 20.2. The summed E-state index contributed by atoms with van der Waals surface area (Å²) in [6.45, 7) is 7.68. The Morgan fingerprint density at radius 3 is 2.06 bits per heavy atom. The van der Waals surface area contributed by atoms with Crippen LogP contribution in [0.5, 0.6) is 0 Å². The normalized spacial score (nSPS) is 19.4. The minimum Gasteiger partial charge on any atom is -0.442 e. The van der Waals surface area contributed by atoms with Crippen molar-refractivity contribution in [2.75, 3.05) is 6.54 Å². The molecule has 3 aromatic rings. The zero-order valence-corrected chi connectivity index (χ0v) is 20.2. The summed E-state index contributed by atoms with van der Waals surface area (Å²) in [7, 11) is 0. The molecule has 3 aromatic carbocycles. The third kappa shape index (κ3) is 5.72. The number of nitrogens with one attached hydrogen (secondary N) is 1. The van der Waals surface area contributed by atoms with Crippen LogP contribution >= 0.6 is 0 Å². The number of ether oxygens (including phenoxy) is 1. The van der Waals surface area contributed by atoms with Gasteiger partial charge in [0.25, 0.3) is 0 Å². The van der Waals surface area contributed by atoms with Crippen LogP contribution in [-0.2, 0) is 23.4 Å². The highest BCUT2D eigenvalue weighted by atomic mass is 16.6. The molecule has 0 radical (unpaired) electrons. The Morgan fingerprint density at radius 1 is 0.912 bits per heavy atom. The topological polar surface area (TPSA) is 53.9 Å². The molecule has 0 spiro atoms. The molecule has 0 aromatic heterocycles. The van der Waals surface area contributed by atoms with Crippen LogP contribution in [0.15, 0.2) is 96.0 Å². The number of rotatable bonds is 6. The predicted octanol–water partition coefficient (Wildman–Crippen LogP) is 5.91. The molecule has 5 nitrogen and oxygen atoms in total. The minimum absolute atomic E-state index is 0.565. The van der Waals surface area contributed by atoms with Gasteiger partial charge in [0.1, 0.15) is 17.0 Å². The molecule has 0 aliphatic carbocycles. The van der Waals surface area contributed by atoms with Crippen LogP contribution in [0.2, 0.25) is 0 Å². The third-order valence-corrected chi connectivity index (χ3v) is 5.95. The second-order valence-electron chi connectivity index (χ2n) is 9.68. The van der Waals surface area contributed by atoms with E-state index in [4.69, 9.17) is 4.74 Å². The molecular formula is C29H33N3O2. The lowest BCUT2D eigenvalue weighted by molar-refractivity contribution is 0.0600. The van der Waals surface area contributed by atoms with Crippen molar-refractivity contribution in [3.8, 4) is 0 Å². The van der Waals surface area contributed by atoms with Gasteiger partial charge >= 0.3 is 6.09 Å². The molecule has 0 bridgehead atoms. The second-order valence-corrected chi connectivity index (χ2v) is 9.68. The zero-order chi connectivity index (χ0) is 24.0. The van der Waals surface area contributed by atoms with Gasteiger partial charge in [-0.15, -0.1) is 0 Å². The summed E-state index contributed by atoms with van der Waals surface area (Å²) in [4.78, 5) is 19.7. The number of benzene rings is 3. The summed E-state index contributed by atoms with van der Waals surface area (Å²) in [6, 6.07) is 30.9. The maximum absolute atomic E-state index is 12.9. The van der Waals surface area contributed by atoms with Crippen LogP contribution in [0, 0.1) is 0 Å². The van der Waals surface area contributed by atoms with Crippen molar-refractivity contribution < 1.29 is 9.53 Å². The van der Waals surface area contributed by atoms with Gasteiger partial charge < -0.3 is 9.64 Å². The largest absolute Gasteiger partial charge is 0.442 e. The van der Waals surface area contributed by atoms with E-state index < -0.39 is 17.2 Å². The van der Waals surface area contributed by atoms with Crippen LogP contribution in [0.3, 0.4) is 0 Å². The monoisotopic (exact) mass is 455 g/mol. The Balaban J connectivity index is 1.75. The van der Waals surface area contributed by atoms with Crippen LogP contribution in [-0.4, -0.2) is 29.0 Å². The van der Waals surface area contributed by atoms with Crippen molar-refractivity contribution in [1.82, 2.24) is 10.2 Å². The number of amidine groups is 1. The van der Waals surface area contributed by atoms with Gasteiger partial charge in [0.05, 0.1) is 0 Å². The Morgan fingerprint density at radius 2 is 1.47 bits per heavy atom. The summed E-state index contributed by atoms with van der Waals surface area (Å²) in [6.07, 6.45) is 0.225. The smallest absolute Gasteiger partial charge is 0.435 e. The highest BCUT2D eigenvalue weighted by molar-refractivity contribution is 6.00. The van der Waals surface area contributed by atoms with E-state index >= 15 is 0 Å². The summed E-state index contributed by atoms with van der Waals surface area (Å²) >= 11 is 0. The van der Waals surface area contributed by atoms with Crippen molar-refractivity contribution >= 4 is 11.9 Å². The molecule has 4 rings (SSSR count). The van der Waals surface area contributed by atoms with E-state index in [0.29, 0.717) is 18.9 Å². The van der Waals surface area contributed by atoms with E-state index in [1.807, 2.05) is 75.4 Å². The molecule has 1 heterocycles. The number of amides is 1. The fraction of sp³-hybridized carbons (Fsp3) is 0.310. The number of aliphatic imine (C=N–C) groups is 1. The van der Waals surface area contributed by atoms with E-state index in [2.05, 4.69) is 51.6 Å². The molecule has 1 atom stereocenters. The Hall–Kier alpha value is -3.44. The van der Waals surface area contributed by atoms with Gasteiger partial charge in [-0.1, -0.05) is 91.0 Å². The van der Waals surface area contributed by atoms with Gasteiger partial charge in [0.2, 0.25) is 0 Å². The first-order valence-corrected chi connectivity index (χ1v) is 11.8. The van der Waals surface area contributed by atoms with Crippen molar-refractivity contribution in [2.24, 2.45) is 4.99 Å². The number of likely N-dealkylation sites (tertiary alicyclic amines) is 1. The Kier molecular flexibility index (Phi) is 7.13. The molecule has 1 amide bonds. The first kappa shape index (κ1) is 23.7. The fourth-order valence-corrected chi connectivity index (χ4v) is 4.40. The van der Waals surface area contributed by atoms with E-state index in [0.717, 1.165) is 18.5 Å². The fourth-order valence-electron chi connectivity index (χ4n) is 4.40. The number of hydrogen-bond donors (Lipinski definition) is 1. The molecule has 1 N–H and O–H groups in total. The molecular weight excluding hydrogens is 422 g/mol. The average molecular weight is 456 g/mol. The van der Waals surface area contributed by atoms with Gasteiger partial charge in [-0.25, -0.2) is 4.79 Å². The maximum Gasteiger partial charge on any atom is 0.435 e. The maximum atomic E-state index is 12.9. The van der Waals surface area contributed by atoms with Crippen LogP contribution in [0.25, 0.3) is 0 Å². The van der Waals surface area contributed by atoms with E-state index in [1.54, 1.807) is 0 Å². The van der Waals surface area contributed by atoms with Crippen LogP contribution in [0.4, 0.5) is 4.79 Å². The third-order valence-electron chi connectivity index (χ3n) is 5.95. The molecule has 176 valence electrons. The van der Waals surface area contributed by atoms with E-state index in [9.17, 15) is 4.79 Å². The van der Waals surface area contributed by atoms with Gasteiger partial charge in [0, 0.05) is 19.6 Å². The molecule has 1 fully saturated rings. The van der Waals surface area contributed by atoms with E-state index in [-0.39, 0.29) is 0 Å². The second kappa shape index (κ2) is 10.2. The quantitative estimate of drug-likeness (QED) is 0.502. The van der Waals surface area contributed by atoms with Crippen molar-refractivity contribution in [2.45, 2.75) is 51.4 Å². The van der Waals surface area contributed by atoms with Crippen molar-refractivity contribution in [3.63, 3.8) is 0 Å². The number of carbonyl (C=O) groups is 1. The van der Waals surface area contributed by atoms with Crippen LogP contribution in [0.1, 0.15) is 43.9 Å². The standard InChI is InChI=1S/C29H33N3O2/c1-28(2,3)34-27(33)31-26-29(25-17-11-6-12-18-25,30-21-23-13-7-4-8-14-23)19-20-32(26)22-24-15-9-5-10-16-24/h4-18,30H,19-22H2,1-3H3/b31-26+/t29-/m0/s1. The molecule has 0 saturated carbocycles. The number of hydrogen-bond acceptors (Lipinski definition) is 3. The molecule has 0 unspecified atom stereocenters. The SMILES string of the molecule is CC(C)(C)OC(=O)/N=C1/N(Cc2ccccc2)CC[C@]1(NCc1ccccc1)c1ccccc1. The highest BCUT2D eigenvalue weighted by Crippen LogP contribution is 2.36. The van der Waals surface area contributed by atoms with Crippen molar-refractivity contribution in [1.29, 1.82) is 0 Å². The highest BCUT2D eigenvalue weighted by Gasteiger charge is 2.46. The molecule has 5 heteroatoms. The predicted molar refractivity (Wildman–Crippen MR) is 137 cm³/mol. The average Bonchev–Trinajstić information content (AvgIpc) is 3.16. The Labute approximate surface area is 202 Å². The molecule has 1 saturated heterocycles. The van der Waals surface area contributed by atoms with Crippen LogP contribution < -0.4 is 5.32 Å². The summed E-state index contributed by atoms with van der Waals surface area (Å²) in [5.41, 5.74) is 2.21.